The van der Waals surface area contributed by atoms with Crippen LogP contribution in [0.2, 0.25) is 0 Å². The number of nitrogens with zero attached hydrogens (tertiary/aromatic N) is 1. The zero-order chi connectivity index (χ0) is 26.0. The number of aliphatic carboxylic acids is 2. The van der Waals surface area contributed by atoms with Gasteiger partial charge in [0.15, 0.2) is 0 Å². The van der Waals surface area contributed by atoms with Gasteiger partial charge in [-0.15, -0.1) is 0 Å². The molecule has 4 amide bonds. The zero-order valence-electron chi connectivity index (χ0n) is 18.8. The summed E-state index contributed by atoms with van der Waals surface area (Å²) in [5.74, 6) is -5.92. The van der Waals surface area contributed by atoms with Crippen LogP contribution in [-0.2, 0) is 35.2 Å². The Hall–Kier alpha value is -4.01. The van der Waals surface area contributed by atoms with Crippen LogP contribution in [0.15, 0.2) is 12.5 Å². The minimum absolute atomic E-state index is 0.143. The third-order valence-corrected chi connectivity index (χ3v) is 5.29. The molecule has 1 aliphatic rings. The molecular formula is C20H29N7O8. The molecule has 9 N–H and O–H groups in total. The maximum absolute atomic E-state index is 12.9. The standard InChI is InChI=1S/C20H29N7O8/c21-15(28)7-13(26-17(31)11-2-1-5-23-11)19(33)25-12(3-4-16(29)30)18(32)27-14(20(34)35)6-10-8-22-9-24-10/h8-9,11-14,23H,1-7H2,(H2,21,28)(H,22,24)(H,25,33)(H,26,31)(H,27,32)(H,29,30)(H,34,35). The number of imidazole rings is 1. The molecule has 4 unspecified atom stereocenters. The van der Waals surface area contributed by atoms with Crippen molar-refractivity contribution in [2.45, 2.75) is 62.7 Å². The second-order valence-electron chi connectivity index (χ2n) is 8.05. The van der Waals surface area contributed by atoms with Crippen LogP contribution in [0, 0.1) is 0 Å². The molecule has 15 heteroatoms. The molecule has 0 radical (unpaired) electrons. The highest BCUT2D eigenvalue weighted by atomic mass is 16.4. The van der Waals surface area contributed by atoms with Crippen molar-refractivity contribution in [3.63, 3.8) is 0 Å². The summed E-state index contributed by atoms with van der Waals surface area (Å²) in [4.78, 5) is 78.7. The Bertz CT molecular complexity index is 930. The maximum atomic E-state index is 12.9. The molecule has 0 saturated carbocycles. The number of primary amides is 1. The van der Waals surface area contributed by atoms with Gasteiger partial charge in [-0.3, -0.25) is 24.0 Å². The van der Waals surface area contributed by atoms with Crippen LogP contribution in [0.3, 0.4) is 0 Å². The number of rotatable bonds is 14. The highest BCUT2D eigenvalue weighted by molar-refractivity contribution is 5.96. The smallest absolute Gasteiger partial charge is 0.326 e. The first-order valence-corrected chi connectivity index (χ1v) is 10.9. The largest absolute Gasteiger partial charge is 0.481 e. The fourth-order valence-electron chi connectivity index (χ4n) is 3.49. The van der Waals surface area contributed by atoms with E-state index in [2.05, 4.69) is 31.2 Å². The van der Waals surface area contributed by atoms with E-state index in [0.29, 0.717) is 18.7 Å². The van der Waals surface area contributed by atoms with Crippen LogP contribution in [0.1, 0.15) is 37.8 Å². The van der Waals surface area contributed by atoms with Gasteiger partial charge in [-0.25, -0.2) is 9.78 Å². The number of aromatic nitrogens is 2. The van der Waals surface area contributed by atoms with Crippen molar-refractivity contribution in [3.05, 3.63) is 18.2 Å². The number of amides is 4. The van der Waals surface area contributed by atoms with Gasteiger partial charge in [0.25, 0.3) is 0 Å². The lowest BCUT2D eigenvalue weighted by Crippen LogP contribution is -2.57. The van der Waals surface area contributed by atoms with Crippen molar-refractivity contribution in [2.24, 2.45) is 5.73 Å². The quantitative estimate of drug-likeness (QED) is 0.130. The number of carbonyl (C=O) groups excluding carboxylic acids is 4. The lowest BCUT2D eigenvalue weighted by Gasteiger charge is -2.24. The van der Waals surface area contributed by atoms with Crippen LogP contribution >= 0.6 is 0 Å². The summed E-state index contributed by atoms with van der Waals surface area (Å²) in [5, 5.41) is 28.4. The highest BCUT2D eigenvalue weighted by Gasteiger charge is 2.32. The van der Waals surface area contributed by atoms with Crippen molar-refractivity contribution in [2.75, 3.05) is 6.54 Å². The Labute approximate surface area is 199 Å². The Kier molecular flexibility index (Phi) is 10.1. The van der Waals surface area contributed by atoms with Crippen LogP contribution in [0.25, 0.3) is 0 Å². The van der Waals surface area contributed by atoms with Crippen molar-refractivity contribution in [1.29, 1.82) is 0 Å². The fourth-order valence-corrected chi connectivity index (χ4v) is 3.49. The van der Waals surface area contributed by atoms with Gasteiger partial charge >= 0.3 is 11.9 Å². The van der Waals surface area contributed by atoms with Gasteiger partial charge in [-0.2, -0.15) is 0 Å². The van der Waals surface area contributed by atoms with Crippen LogP contribution in [-0.4, -0.2) is 86.5 Å². The number of aromatic amines is 1. The van der Waals surface area contributed by atoms with E-state index in [9.17, 15) is 33.9 Å². The van der Waals surface area contributed by atoms with E-state index in [1.54, 1.807) is 0 Å². The van der Waals surface area contributed by atoms with Crippen molar-refractivity contribution >= 4 is 35.6 Å². The topological polar surface area (TPSA) is 246 Å². The summed E-state index contributed by atoms with van der Waals surface area (Å²) in [6, 6.07) is -4.83. The average molecular weight is 495 g/mol. The van der Waals surface area contributed by atoms with Gasteiger partial charge in [0.1, 0.15) is 18.1 Å². The zero-order valence-corrected chi connectivity index (χ0v) is 18.8. The van der Waals surface area contributed by atoms with E-state index in [-0.39, 0.29) is 12.8 Å². The van der Waals surface area contributed by atoms with E-state index in [0.717, 1.165) is 6.42 Å². The molecule has 1 aromatic rings. The number of hydrogen-bond donors (Lipinski definition) is 8. The van der Waals surface area contributed by atoms with Crippen molar-refractivity contribution in [3.8, 4) is 0 Å². The van der Waals surface area contributed by atoms with Crippen LogP contribution in [0.5, 0.6) is 0 Å². The van der Waals surface area contributed by atoms with Gasteiger partial charge in [0, 0.05) is 24.7 Å². The number of nitrogens with one attached hydrogen (secondary N) is 5. The lowest BCUT2D eigenvalue weighted by atomic mass is 10.1. The molecular weight excluding hydrogens is 466 g/mol. The number of carboxylic acid groups (broad SMARTS) is 2. The lowest BCUT2D eigenvalue weighted by molar-refractivity contribution is -0.143. The third-order valence-electron chi connectivity index (χ3n) is 5.29. The molecule has 1 fully saturated rings. The van der Waals surface area contributed by atoms with Crippen LogP contribution in [0.4, 0.5) is 0 Å². The summed E-state index contributed by atoms with van der Waals surface area (Å²) in [6.07, 6.45) is 2.41. The minimum atomic E-state index is -1.46. The number of H-pyrrole nitrogens is 1. The minimum Gasteiger partial charge on any atom is -0.481 e. The van der Waals surface area contributed by atoms with E-state index in [4.69, 9.17) is 10.8 Å². The Morgan fingerprint density at radius 3 is 2.29 bits per heavy atom. The number of carboxylic acids is 2. The molecule has 192 valence electrons. The van der Waals surface area contributed by atoms with Gasteiger partial charge in [-0.1, -0.05) is 0 Å². The predicted octanol–water partition coefficient (Wildman–Crippen LogP) is -3.02. The fraction of sp³-hybridized carbons (Fsp3) is 0.550. The first kappa shape index (κ1) is 27.2. The molecule has 0 aromatic carbocycles. The Morgan fingerprint density at radius 2 is 1.74 bits per heavy atom. The van der Waals surface area contributed by atoms with Crippen molar-refractivity contribution < 1.29 is 39.0 Å². The van der Waals surface area contributed by atoms with Crippen LogP contribution < -0.4 is 27.0 Å². The summed E-state index contributed by atoms with van der Waals surface area (Å²) in [7, 11) is 0. The summed E-state index contributed by atoms with van der Waals surface area (Å²) >= 11 is 0. The van der Waals surface area contributed by atoms with Crippen molar-refractivity contribution in [1.82, 2.24) is 31.2 Å². The normalized spacial score (nSPS) is 17.5. The predicted molar refractivity (Wildman–Crippen MR) is 117 cm³/mol. The molecule has 1 aliphatic heterocycles. The monoisotopic (exact) mass is 495 g/mol. The molecule has 1 saturated heterocycles. The highest BCUT2D eigenvalue weighted by Crippen LogP contribution is 2.07. The van der Waals surface area contributed by atoms with Gasteiger partial charge in [0.05, 0.1) is 18.8 Å². The molecule has 2 heterocycles. The number of carbonyl (C=O) groups is 6. The summed E-state index contributed by atoms with van der Waals surface area (Å²) < 4.78 is 0. The Balaban J connectivity index is 2.12. The van der Waals surface area contributed by atoms with Gasteiger partial charge < -0.3 is 42.2 Å². The average Bonchev–Trinajstić information content (AvgIpc) is 3.49. The molecule has 15 nitrogen and oxygen atoms in total. The van der Waals surface area contributed by atoms with E-state index >= 15 is 0 Å². The molecule has 35 heavy (non-hydrogen) atoms. The summed E-state index contributed by atoms with van der Waals surface area (Å²) in [6.45, 7) is 0.617. The van der Waals surface area contributed by atoms with Gasteiger partial charge in [0.2, 0.25) is 23.6 Å². The molecule has 0 aliphatic carbocycles. The van der Waals surface area contributed by atoms with Gasteiger partial charge in [-0.05, 0) is 25.8 Å². The number of nitrogens with two attached hydrogens (primary N) is 1. The number of hydrogen-bond acceptors (Lipinski definition) is 8. The third kappa shape index (κ3) is 9.04. The molecule has 0 spiro atoms. The second-order valence-corrected chi connectivity index (χ2v) is 8.05. The SMILES string of the molecule is NC(=O)CC(NC(=O)C1CCCN1)C(=O)NC(CCC(=O)O)C(=O)NC(Cc1cnc[nH]1)C(=O)O. The molecule has 2 rings (SSSR count). The first-order chi connectivity index (χ1) is 16.6. The van der Waals surface area contributed by atoms with E-state index in [1.807, 2.05) is 0 Å². The maximum Gasteiger partial charge on any atom is 0.326 e. The Morgan fingerprint density at radius 1 is 1.06 bits per heavy atom. The molecule has 4 atom stereocenters. The van der Waals surface area contributed by atoms with E-state index in [1.165, 1.54) is 12.5 Å². The first-order valence-electron chi connectivity index (χ1n) is 10.9. The second kappa shape index (κ2) is 13.0. The van der Waals surface area contributed by atoms with E-state index < -0.39 is 72.6 Å². The molecule has 0 bridgehead atoms. The molecule has 1 aromatic heterocycles. The summed E-state index contributed by atoms with van der Waals surface area (Å²) in [5.41, 5.74) is 5.62.